The molecule has 0 aromatic heterocycles. The predicted octanol–water partition coefficient (Wildman–Crippen LogP) is 0.352. The van der Waals surface area contributed by atoms with Gasteiger partial charge in [-0.2, -0.15) is 0 Å². The number of hydrogen-bond acceptors (Lipinski definition) is 3. The summed E-state index contributed by atoms with van der Waals surface area (Å²) in [4.78, 5) is 28.2. The highest BCUT2D eigenvalue weighted by Crippen LogP contribution is 2.28. The third-order valence-electron chi connectivity index (χ3n) is 4.69. The summed E-state index contributed by atoms with van der Waals surface area (Å²) >= 11 is 0. The molecule has 3 rings (SSSR count). The van der Waals surface area contributed by atoms with Crippen LogP contribution in [0.1, 0.15) is 38.5 Å². The van der Waals surface area contributed by atoms with Gasteiger partial charge in [-0.15, -0.1) is 0 Å². The maximum absolute atomic E-state index is 12.5. The van der Waals surface area contributed by atoms with Crippen LogP contribution in [0.15, 0.2) is 0 Å². The molecular formula is C14H23N3O2. The van der Waals surface area contributed by atoms with Gasteiger partial charge in [0, 0.05) is 31.6 Å². The van der Waals surface area contributed by atoms with Gasteiger partial charge in [-0.05, 0) is 38.6 Å². The first-order valence-corrected chi connectivity index (χ1v) is 7.55. The second-order valence-corrected chi connectivity index (χ2v) is 5.95. The number of rotatable bonds is 2. The smallest absolute Gasteiger partial charge is 0.242 e. The summed E-state index contributed by atoms with van der Waals surface area (Å²) in [5, 5.41) is 3.40. The van der Waals surface area contributed by atoms with E-state index in [9.17, 15) is 9.59 Å². The van der Waals surface area contributed by atoms with Crippen LogP contribution in [0.5, 0.6) is 0 Å². The average molecular weight is 265 g/mol. The molecule has 106 valence electrons. The maximum Gasteiger partial charge on any atom is 0.242 e. The molecule has 3 aliphatic heterocycles. The largest absolute Gasteiger partial charge is 0.334 e. The second-order valence-electron chi connectivity index (χ2n) is 5.95. The van der Waals surface area contributed by atoms with E-state index in [1.54, 1.807) is 4.90 Å². The lowest BCUT2D eigenvalue weighted by atomic mass is 10.1. The molecule has 0 aromatic carbocycles. The van der Waals surface area contributed by atoms with Gasteiger partial charge >= 0.3 is 0 Å². The topological polar surface area (TPSA) is 52.7 Å². The molecule has 3 aliphatic rings. The van der Waals surface area contributed by atoms with Crippen molar-refractivity contribution in [2.24, 2.45) is 0 Å². The molecule has 1 N–H and O–H groups in total. The fourth-order valence-corrected chi connectivity index (χ4v) is 3.66. The van der Waals surface area contributed by atoms with E-state index in [-0.39, 0.29) is 11.8 Å². The quantitative estimate of drug-likeness (QED) is 0.784. The Balaban J connectivity index is 1.64. The molecule has 5 nitrogen and oxygen atoms in total. The van der Waals surface area contributed by atoms with E-state index in [1.165, 1.54) is 0 Å². The molecule has 3 saturated heterocycles. The molecule has 2 atom stereocenters. The minimum atomic E-state index is 0.153. The van der Waals surface area contributed by atoms with Crippen molar-refractivity contribution in [3.8, 4) is 0 Å². The van der Waals surface area contributed by atoms with Crippen LogP contribution in [0.2, 0.25) is 0 Å². The van der Waals surface area contributed by atoms with E-state index in [4.69, 9.17) is 0 Å². The molecule has 3 heterocycles. The van der Waals surface area contributed by atoms with Crippen LogP contribution >= 0.6 is 0 Å². The summed E-state index contributed by atoms with van der Waals surface area (Å²) in [5.41, 5.74) is 0. The standard InChI is InChI=1S/C14H23N3O2/c18-13-3-1-2-8-16(13)10-14(19)17-11-4-5-12(17)9-15-7-6-11/h11-12,15H,1-10H2. The number of piperidine rings is 1. The van der Waals surface area contributed by atoms with E-state index in [0.29, 0.717) is 25.0 Å². The summed E-state index contributed by atoms with van der Waals surface area (Å²) in [5.74, 6) is 0.311. The predicted molar refractivity (Wildman–Crippen MR) is 71.6 cm³/mol. The Morgan fingerprint density at radius 1 is 1.21 bits per heavy atom. The van der Waals surface area contributed by atoms with E-state index >= 15 is 0 Å². The molecule has 19 heavy (non-hydrogen) atoms. The van der Waals surface area contributed by atoms with Crippen molar-refractivity contribution in [2.75, 3.05) is 26.2 Å². The molecule has 2 amide bonds. The minimum absolute atomic E-state index is 0.153. The normalized spacial score (nSPS) is 31.5. The Kier molecular flexibility index (Phi) is 3.73. The van der Waals surface area contributed by atoms with Crippen molar-refractivity contribution in [2.45, 2.75) is 50.6 Å². The van der Waals surface area contributed by atoms with Crippen molar-refractivity contribution >= 4 is 11.8 Å². The van der Waals surface area contributed by atoms with Crippen molar-refractivity contribution in [3.05, 3.63) is 0 Å². The van der Waals surface area contributed by atoms with E-state index < -0.39 is 0 Å². The molecule has 0 saturated carbocycles. The SMILES string of the molecule is O=C1CCCCN1CC(=O)N1C2CCNCC1CC2. The fraction of sp³-hybridized carbons (Fsp3) is 0.857. The molecular weight excluding hydrogens is 242 g/mol. The number of carbonyl (C=O) groups excluding carboxylic acids is 2. The van der Waals surface area contributed by atoms with Crippen LogP contribution in [0.4, 0.5) is 0 Å². The molecule has 3 fully saturated rings. The highest BCUT2D eigenvalue weighted by molar-refractivity contribution is 5.85. The highest BCUT2D eigenvalue weighted by atomic mass is 16.2. The Bertz CT molecular complexity index is 358. The first kappa shape index (κ1) is 12.9. The van der Waals surface area contributed by atoms with Crippen molar-refractivity contribution in [3.63, 3.8) is 0 Å². The summed E-state index contributed by atoms with van der Waals surface area (Å²) in [6.45, 7) is 2.97. The van der Waals surface area contributed by atoms with Crippen LogP contribution in [0.3, 0.4) is 0 Å². The number of likely N-dealkylation sites (tertiary alicyclic amines) is 1. The zero-order valence-electron chi connectivity index (χ0n) is 11.4. The van der Waals surface area contributed by atoms with Crippen LogP contribution in [0.25, 0.3) is 0 Å². The molecule has 0 aromatic rings. The van der Waals surface area contributed by atoms with Crippen LogP contribution in [-0.2, 0) is 9.59 Å². The van der Waals surface area contributed by atoms with Gasteiger partial charge in [-0.1, -0.05) is 0 Å². The van der Waals surface area contributed by atoms with Gasteiger partial charge in [0.05, 0.1) is 6.54 Å². The highest BCUT2D eigenvalue weighted by Gasteiger charge is 2.38. The summed E-state index contributed by atoms with van der Waals surface area (Å²) in [7, 11) is 0. The van der Waals surface area contributed by atoms with Crippen LogP contribution in [-0.4, -0.2) is 59.9 Å². The van der Waals surface area contributed by atoms with Gasteiger partial charge in [0.25, 0.3) is 0 Å². The number of fused-ring (bicyclic) bond motifs is 2. The number of nitrogens with one attached hydrogen (secondary N) is 1. The van der Waals surface area contributed by atoms with Crippen molar-refractivity contribution < 1.29 is 9.59 Å². The molecule has 2 bridgehead atoms. The van der Waals surface area contributed by atoms with Gasteiger partial charge in [0.15, 0.2) is 0 Å². The second kappa shape index (κ2) is 5.49. The zero-order chi connectivity index (χ0) is 13.2. The lowest BCUT2D eigenvalue weighted by Crippen LogP contribution is -2.49. The Labute approximate surface area is 114 Å². The van der Waals surface area contributed by atoms with E-state index in [0.717, 1.165) is 51.7 Å². The Morgan fingerprint density at radius 3 is 2.89 bits per heavy atom. The third kappa shape index (κ3) is 2.61. The number of hydrogen-bond donors (Lipinski definition) is 1. The Hall–Kier alpha value is -1.10. The zero-order valence-corrected chi connectivity index (χ0v) is 11.4. The van der Waals surface area contributed by atoms with Gasteiger partial charge in [0.1, 0.15) is 0 Å². The first-order chi connectivity index (χ1) is 9.25. The lowest BCUT2D eigenvalue weighted by molar-refractivity contribution is -0.143. The monoisotopic (exact) mass is 265 g/mol. The molecule has 0 radical (unpaired) electrons. The molecule has 2 unspecified atom stereocenters. The summed E-state index contributed by atoms with van der Waals surface area (Å²) in [6, 6.07) is 0.743. The first-order valence-electron chi connectivity index (χ1n) is 7.55. The van der Waals surface area contributed by atoms with Gasteiger partial charge < -0.3 is 15.1 Å². The lowest BCUT2D eigenvalue weighted by Gasteiger charge is -2.32. The number of carbonyl (C=O) groups is 2. The molecule has 0 spiro atoms. The summed E-state index contributed by atoms with van der Waals surface area (Å²) < 4.78 is 0. The van der Waals surface area contributed by atoms with Gasteiger partial charge in [0.2, 0.25) is 11.8 Å². The van der Waals surface area contributed by atoms with Crippen LogP contribution in [0, 0.1) is 0 Å². The maximum atomic E-state index is 12.5. The summed E-state index contributed by atoms with van der Waals surface area (Å²) in [6.07, 6.45) is 5.91. The third-order valence-corrected chi connectivity index (χ3v) is 4.69. The molecule has 5 heteroatoms. The van der Waals surface area contributed by atoms with E-state index in [2.05, 4.69) is 10.2 Å². The number of nitrogens with zero attached hydrogens (tertiary/aromatic N) is 2. The van der Waals surface area contributed by atoms with Crippen molar-refractivity contribution in [1.29, 1.82) is 0 Å². The number of amides is 2. The fourth-order valence-electron chi connectivity index (χ4n) is 3.66. The van der Waals surface area contributed by atoms with Crippen molar-refractivity contribution in [1.82, 2.24) is 15.1 Å². The molecule has 0 aliphatic carbocycles. The van der Waals surface area contributed by atoms with Gasteiger partial charge in [-0.25, -0.2) is 0 Å². The van der Waals surface area contributed by atoms with E-state index in [1.807, 2.05) is 0 Å². The van der Waals surface area contributed by atoms with Crippen LogP contribution < -0.4 is 5.32 Å². The Morgan fingerprint density at radius 2 is 2.05 bits per heavy atom. The average Bonchev–Trinajstić information content (AvgIpc) is 2.66. The minimum Gasteiger partial charge on any atom is -0.334 e. The van der Waals surface area contributed by atoms with Gasteiger partial charge in [-0.3, -0.25) is 9.59 Å².